The molecule has 7 heteroatoms. The number of benzene rings is 1. The number of ether oxygens (including phenoxy) is 1. The minimum atomic E-state index is -1.10. The number of nitrogens with two attached hydrogens (primary N) is 1. The van der Waals surface area contributed by atoms with E-state index < -0.39 is 18.1 Å². The van der Waals surface area contributed by atoms with Gasteiger partial charge in [-0.15, -0.1) is 12.4 Å². The summed E-state index contributed by atoms with van der Waals surface area (Å²) >= 11 is 0. The molecule has 0 radical (unpaired) electrons. The molecule has 112 valence electrons. The van der Waals surface area contributed by atoms with Crippen molar-refractivity contribution in [1.29, 1.82) is 0 Å². The number of halogens is 1. The van der Waals surface area contributed by atoms with Gasteiger partial charge in [0, 0.05) is 6.42 Å². The predicted molar refractivity (Wildman–Crippen MR) is 77.0 cm³/mol. The molecule has 1 amide bonds. The number of aliphatic carboxylic acids is 1. The van der Waals surface area contributed by atoms with Crippen LogP contribution in [0.2, 0.25) is 0 Å². The monoisotopic (exact) mass is 302 g/mol. The van der Waals surface area contributed by atoms with Crippen molar-refractivity contribution in [3.8, 4) is 0 Å². The predicted octanol–water partition coefficient (Wildman–Crippen LogP) is 1.18. The van der Waals surface area contributed by atoms with E-state index in [2.05, 4.69) is 5.32 Å². The quantitative estimate of drug-likeness (QED) is 0.656. The van der Waals surface area contributed by atoms with Gasteiger partial charge >= 0.3 is 12.1 Å². The summed E-state index contributed by atoms with van der Waals surface area (Å²) in [6.45, 7) is 0.597. The van der Waals surface area contributed by atoms with E-state index in [1.165, 1.54) is 0 Å². The molecular formula is C13H19ClN2O4. The topological polar surface area (TPSA) is 102 Å². The Balaban J connectivity index is 0.00000361. The van der Waals surface area contributed by atoms with Gasteiger partial charge in [-0.05, 0) is 18.5 Å². The third-order valence-corrected chi connectivity index (χ3v) is 2.45. The van der Waals surface area contributed by atoms with Crippen molar-refractivity contribution >= 4 is 24.5 Å². The first-order valence-electron chi connectivity index (χ1n) is 6.03. The minimum Gasteiger partial charge on any atom is -0.480 e. The van der Waals surface area contributed by atoms with E-state index in [0.717, 1.165) is 5.56 Å². The van der Waals surface area contributed by atoms with Gasteiger partial charge in [-0.3, -0.25) is 0 Å². The van der Waals surface area contributed by atoms with E-state index >= 15 is 0 Å². The molecule has 0 aliphatic rings. The first kappa shape index (κ1) is 18.2. The second-order valence-corrected chi connectivity index (χ2v) is 4.00. The van der Waals surface area contributed by atoms with Crippen LogP contribution in [-0.4, -0.2) is 36.4 Å². The largest absolute Gasteiger partial charge is 0.480 e. The van der Waals surface area contributed by atoms with Crippen LogP contribution in [0.25, 0.3) is 0 Å². The molecule has 6 nitrogen and oxygen atoms in total. The summed E-state index contributed by atoms with van der Waals surface area (Å²) in [5.41, 5.74) is 6.09. The number of amides is 1. The Morgan fingerprint density at radius 2 is 1.95 bits per heavy atom. The van der Waals surface area contributed by atoms with Gasteiger partial charge in [0.15, 0.2) is 0 Å². The highest BCUT2D eigenvalue weighted by atomic mass is 35.5. The number of carbonyl (C=O) groups excluding carboxylic acids is 1. The van der Waals surface area contributed by atoms with Crippen molar-refractivity contribution in [1.82, 2.24) is 5.32 Å². The lowest BCUT2D eigenvalue weighted by Crippen LogP contribution is -2.42. The summed E-state index contributed by atoms with van der Waals surface area (Å²) < 4.78 is 4.81. The fraction of sp³-hybridized carbons (Fsp3) is 0.385. The second kappa shape index (κ2) is 10.1. The molecule has 1 rings (SSSR count). The van der Waals surface area contributed by atoms with Crippen LogP contribution in [0.1, 0.15) is 12.0 Å². The van der Waals surface area contributed by atoms with E-state index in [-0.39, 0.29) is 25.4 Å². The number of carboxylic acids is 1. The Morgan fingerprint density at radius 1 is 1.30 bits per heavy atom. The normalized spacial score (nSPS) is 11.1. The van der Waals surface area contributed by atoms with Gasteiger partial charge in [-0.1, -0.05) is 30.3 Å². The lowest BCUT2D eigenvalue weighted by atomic mass is 10.1. The molecule has 1 atom stereocenters. The van der Waals surface area contributed by atoms with E-state index in [1.807, 2.05) is 18.2 Å². The van der Waals surface area contributed by atoms with Crippen molar-refractivity contribution < 1.29 is 19.4 Å². The molecule has 4 N–H and O–H groups in total. The Kier molecular flexibility index (Phi) is 9.15. The maximum absolute atomic E-state index is 11.4. The lowest BCUT2D eigenvalue weighted by molar-refractivity contribution is -0.139. The highest BCUT2D eigenvalue weighted by Gasteiger charge is 2.20. The van der Waals surface area contributed by atoms with E-state index in [0.29, 0.717) is 13.0 Å². The summed E-state index contributed by atoms with van der Waals surface area (Å²) in [5.74, 6) is -1.10. The summed E-state index contributed by atoms with van der Waals surface area (Å²) in [4.78, 5) is 22.5. The first-order valence-corrected chi connectivity index (χ1v) is 6.03. The molecule has 0 saturated heterocycles. The number of hydrogen-bond acceptors (Lipinski definition) is 4. The third-order valence-electron chi connectivity index (χ3n) is 2.45. The average molecular weight is 303 g/mol. The molecule has 1 aromatic carbocycles. The van der Waals surface area contributed by atoms with Gasteiger partial charge in [0.2, 0.25) is 0 Å². The van der Waals surface area contributed by atoms with Crippen molar-refractivity contribution in [2.45, 2.75) is 18.9 Å². The molecule has 0 aromatic heterocycles. The number of hydrogen-bond donors (Lipinski definition) is 3. The molecule has 0 bridgehead atoms. The summed E-state index contributed by atoms with van der Waals surface area (Å²) in [6.07, 6.45) is 0.0169. The van der Waals surface area contributed by atoms with Crippen LogP contribution in [0.5, 0.6) is 0 Å². The fourth-order valence-corrected chi connectivity index (χ4v) is 1.48. The Morgan fingerprint density at radius 3 is 2.50 bits per heavy atom. The van der Waals surface area contributed by atoms with Crippen LogP contribution in [0.15, 0.2) is 30.3 Å². The summed E-state index contributed by atoms with van der Waals surface area (Å²) in [6, 6.07) is 8.07. The minimum absolute atomic E-state index is 0. The van der Waals surface area contributed by atoms with Gasteiger partial charge < -0.3 is 20.9 Å². The zero-order valence-electron chi connectivity index (χ0n) is 11.0. The summed E-state index contributed by atoms with van der Waals surface area (Å²) in [5, 5.41) is 11.4. The molecule has 0 aliphatic carbocycles. The highest BCUT2D eigenvalue weighted by Crippen LogP contribution is 2.03. The maximum Gasteiger partial charge on any atom is 0.407 e. The maximum atomic E-state index is 11.4. The zero-order valence-corrected chi connectivity index (χ0v) is 11.8. The highest BCUT2D eigenvalue weighted by molar-refractivity contribution is 5.85. The van der Waals surface area contributed by atoms with Crippen molar-refractivity contribution in [3.63, 3.8) is 0 Å². The Labute approximate surface area is 123 Å². The molecule has 1 aromatic rings. The van der Waals surface area contributed by atoms with Crippen LogP contribution < -0.4 is 11.1 Å². The number of nitrogens with one attached hydrogen (secondary N) is 1. The van der Waals surface area contributed by atoms with Crippen LogP contribution in [0, 0.1) is 0 Å². The number of carbonyl (C=O) groups is 2. The van der Waals surface area contributed by atoms with Crippen LogP contribution in [0.3, 0.4) is 0 Å². The average Bonchev–Trinajstić information content (AvgIpc) is 2.39. The van der Waals surface area contributed by atoms with Crippen LogP contribution in [0.4, 0.5) is 4.79 Å². The lowest BCUT2D eigenvalue weighted by Gasteiger charge is -2.14. The van der Waals surface area contributed by atoms with Crippen LogP contribution in [-0.2, 0) is 16.0 Å². The standard InChI is InChI=1S/C13H18N2O4.ClH/c14-7-4-8-19-13(18)15-11(12(16)17)9-10-5-2-1-3-6-10;/h1-3,5-6,11H,4,7-9,14H2,(H,15,18)(H,16,17);1H/t11-;/m0./s1. The van der Waals surface area contributed by atoms with Crippen molar-refractivity contribution in [2.24, 2.45) is 5.73 Å². The Hall–Kier alpha value is -1.79. The molecule has 0 spiro atoms. The van der Waals surface area contributed by atoms with Gasteiger partial charge in [-0.2, -0.15) is 0 Å². The molecule has 20 heavy (non-hydrogen) atoms. The summed E-state index contributed by atoms with van der Waals surface area (Å²) in [7, 11) is 0. The number of carboxylic acid groups (broad SMARTS) is 1. The number of rotatable bonds is 7. The number of alkyl carbamates (subject to hydrolysis) is 1. The first-order chi connectivity index (χ1) is 9.13. The molecule has 0 aliphatic heterocycles. The molecule has 0 saturated carbocycles. The molecule has 0 heterocycles. The van der Waals surface area contributed by atoms with E-state index in [4.69, 9.17) is 15.6 Å². The third kappa shape index (κ3) is 6.96. The molecule has 0 unspecified atom stereocenters. The second-order valence-electron chi connectivity index (χ2n) is 4.00. The SMILES string of the molecule is Cl.NCCCOC(=O)N[C@@H](Cc1ccccc1)C(=O)O. The fourth-order valence-electron chi connectivity index (χ4n) is 1.48. The van der Waals surface area contributed by atoms with Gasteiger partial charge in [0.25, 0.3) is 0 Å². The van der Waals surface area contributed by atoms with Gasteiger partial charge in [0.05, 0.1) is 6.61 Å². The molecular weight excluding hydrogens is 284 g/mol. The van der Waals surface area contributed by atoms with E-state index in [1.54, 1.807) is 12.1 Å². The van der Waals surface area contributed by atoms with Gasteiger partial charge in [0.1, 0.15) is 6.04 Å². The zero-order chi connectivity index (χ0) is 14.1. The van der Waals surface area contributed by atoms with Gasteiger partial charge in [-0.25, -0.2) is 9.59 Å². The van der Waals surface area contributed by atoms with Crippen LogP contribution >= 0.6 is 12.4 Å². The Bertz CT molecular complexity index is 414. The molecule has 0 fully saturated rings. The smallest absolute Gasteiger partial charge is 0.407 e. The van der Waals surface area contributed by atoms with Crippen molar-refractivity contribution in [3.05, 3.63) is 35.9 Å². The van der Waals surface area contributed by atoms with E-state index in [9.17, 15) is 9.59 Å². The van der Waals surface area contributed by atoms with Crippen molar-refractivity contribution in [2.75, 3.05) is 13.2 Å².